The quantitative estimate of drug-likeness (QED) is 0.212. The second kappa shape index (κ2) is 9.80. The maximum absolute atomic E-state index is 12.6. The number of rotatable bonds is 8. The van der Waals surface area contributed by atoms with Crippen LogP contribution in [0.4, 0.5) is 4.79 Å². The van der Waals surface area contributed by atoms with Gasteiger partial charge in [-0.2, -0.15) is 28.5 Å². The highest BCUT2D eigenvalue weighted by Gasteiger charge is 2.49. The molecule has 3 heterocycles. The first-order chi connectivity index (χ1) is 16.1. The van der Waals surface area contributed by atoms with E-state index in [1.54, 1.807) is 0 Å². The van der Waals surface area contributed by atoms with Crippen LogP contribution in [0.1, 0.15) is 53.2 Å². The van der Waals surface area contributed by atoms with Crippen LogP contribution in [0.25, 0.3) is 0 Å². The molecule has 0 unspecified atom stereocenters. The van der Waals surface area contributed by atoms with E-state index in [2.05, 4.69) is 46.1 Å². The number of hydrogen-bond acceptors (Lipinski definition) is 9. The number of nitrogens with one attached hydrogen (secondary N) is 2. The van der Waals surface area contributed by atoms with Crippen LogP contribution in [0.3, 0.4) is 0 Å². The summed E-state index contributed by atoms with van der Waals surface area (Å²) in [6, 6.07) is -2.44. The van der Waals surface area contributed by atoms with Gasteiger partial charge in [0.25, 0.3) is 11.8 Å². The maximum atomic E-state index is 12.6. The van der Waals surface area contributed by atoms with Gasteiger partial charge in [0.2, 0.25) is 0 Å². The summed E-state index contributed by atoms with van der Waals surface area (Å²) in [5, 5.41) is 9.04. The Bertz CT molecular complexity index is 1090. The van der Waals surface area contributed by atoms with Gasteiger partial charge in [-0.25, -0.2) is 4.79 Å². The van der Waals surface area contributed by atoms with Gasteiger partial charge in [0.15, 0.2) is 9.76 Å². The Hall–Kier alpha value is -2.60. The minimum atomic E-state index is -4.89. The molecule has 1 aromatic rings. The van der Waals surface area contributed by atoms with Crippen molar-refractivity contribution in [3.05, 3.63) is 11.9 Å². The molecule has 0 aromatic carbocycles. The largest absolute Gasteiger partial charge is 0.418 e. The van der Waals surface area contributed by atoms with E-state index in [4.69, 9.17) is 8.98 Å². The minimum absolute atomic E-state index is 0.0380. The van der Waals surface area contributed by atoms with Gasteiger partial charge in [0.1, 0.15) is 18.3 Å². The molecule has 2 bridgehead atoms. The fraction of sp³-hybridized carbons (Fsp3) is 0.722. The Kier molecular flexibility index (Phi) is 7.56. The molecule has 2 fully saturated rings. The zero-order chi connectivity index (χ0) is 26.2. The second-order valence-electron chi connectivity index (χ2n) is 10.2. The first-order valence-corrected chi connectivity index (χ1v) is 13.6. The lowest BCUT2D eigenvalue weighted by Gasteiger charge is -2.29. The van der Waals surface area contributed by atoms with E-state index in [0.29, 0.717) is 10.8 Å². The van der Waals surface area contributed by atoms with Gasteiger partial charge < -0.3 is 9.33 Å². The summed E-state index contributed by atoms with van der Waals surface area (Å²) >= 11 is 0. The van der Waals surface area contributed by atoms with Crippen LogP contribution in [0, 0.1) is 0 Å². The molecule has 2 atom stereocenters. The van der Waals surface area contributed by atoms with Gasteiger partial charge in [0, 0.05) is 6.54 Å². The number of nitrogens with zero attached hydrogens (tertiary/aromatic N) is 5. The highest BCUT2D eigenvalue weighted by Crippen LogP contribution is 2.31. The summed E-state index contributed by atoms with van der Waals surface area (Å²) in [6.45, 7) is 9.88. The van der Waals surface area contributed by atoms with Crippen molar-refractivity contribution in [2.24, 2.45) is 0 Å². The highest BCUT2D eigenvalue weighted by molar-refractivity contribution is 7.80. The lowest BCUT2D eigenvalue weighted by Crippen LogP contribution is -2.54. The number of piperidine rings is 1. The number of carbonyl (C=O) groups is 3. The standard InChI is InChI=1S/C18H31N7O8SSi/c1-17(2,3)35-32-18(4,5)13-8-19-24(22-13)10-14(26)20-21-15(27)12-7-6-11-9-23(12)16(28)25(11)33-34(29,30)31/h8,11-12H,6-7,9-10,35H2,1-5H3,(H,20,26)(H,21,27)(H,29,30,31)/t11-,12+/m1/s1. The number of hydrogen-bond donors (Lipinski definition) is 3. The molecule has 3 N–H and O–H groups in total. The van der Waals surface area contributed by atoms with Crippen molar-refractivity contribution in [3.8, 4) is 0 Å². The van der Waals surface area contributed by atoms with Crippen molar-refractivity contribution < 1.29 is 36.1 Å². The second-order valence-corrected chi connectivity index (χ2v) is 13.9. The molecule has 2 saturated heterocycles. The third kappa shape index (κ3) is 6.97. The summed E-state index contributed by atoms with van der Waals surface area (Å²) in [5.74, 6) is -1.25. The predicted octanol–water partition coefficient (Wildman–Crippen LogP) is -1.02. The number of carbonyl (C=O) groups excluding carboxylic acids is 3. The van der Waals surface area contributed by atoms with E-state index in [1.807, 2.05) is 13.8 Å². The molecule has 2 aliphatic rings. The Balaban J connectivity index is 1.51. The monoisotopic (exact) mass is 533 g/mol. The van der Waals surface area contributed by atoms with E-state index in [-0.39, 0.29) is 31.0 Å². The fourth-order valence-corrected chi connectivity index (χ4v) is 4.94. The number of amides is 4. The summed E-state index contributed by atoms with van der Waals surface area (Å²) in [5.41, 5.74) is 4.45. The molecule has 3 rings (SSSR count). The molecular formula is C18H31N7O8SSi. The Morgan fingerprint density at radius 1 is 1.23 bits per heavy atom. The van der Waals surface area contributed by atoms with Crippen LogP contribution >= 0.6 is 0 Å². The Labute approximate surface area is 205 Å². The molecule has 196 valence electrons. The van der Waals surface area contributed by atoms with Crippen molar-refractivity contribution in [2.45, 2.75) is 76.7 Å². The van der Waals surface area contributed by atoms with Gasteiger partial charge in [-0.15, -0.1) is 4.28 Å². The molecular weight excluding hydrogens is 502 g/mol. The summed E-state index contributed by atoms with van der Waals surface area (Å²) in [7, 11) is -5.73. The van der Waals surface area contributed by atoms with E-state index in [0.717, 1.165) is 4.90 Å². The maximum Gasteiger partial charge on any atom is 0.418 e. The van der Waals surface area contributed by atoms with Crippen LogP contribution in [-0.4, -0.2) is 84.2 Å². The molecule has 0 saturated carbocycles. The molecule has 15 nitrogen and oxygen atoms in total. The molecule has 0 radical (unpaired) electrons. The van der Waals surface area contributed by atoms with Gasteiger partial charge in [-0.3, -0.25) is 25.0 Å². The smallest absolute Gasteiger partial charge is 0.413 e. The van der Waals surface area contributed by atoms with Crippen molar-refractivity contribution in [2.75, 3.05) is 6.54 Å². The number of urea groups is 1. The fourth-order valence-electron chi connectivity index (χ4n) is 3.61. The zero-order valence-corrected chi connectivity index (χ0v) is 22.4. The number of hydrazine groups is 1. The first-order valence-electron chi connectivity index (χ1n) is 11.0. The van der Waals surface area contributed by atoms with Crippen LogP contribution in [0.5, 0.6) is 0 Å². The molecule has 0 aliphatic carbocycles. The summed E-state index contributed by atoms with van der Waals surface area (Å²) in [4.78, 5) is 39.6. The van der Waals surface area contributed by atoms with Crippen LogP contribution in [-0.2, 0) is 40.8 Å². The van der Waals surface area contributed by atoms with Gasteiger partial charge >= 0.3 is 16.4 Å². The average Bonchev–Trinajstić information content (AvgIpc) is 3.29. The Morgan fingerprint density at radius 3 is 2.54 bits per heavy atom. The third-order valence-electron chi connectivity index (χ3n) is 5.43. The normalized spacial score (nSPS) is 21.1. The third-order valence-corrected chi connectivity index (χ3v) is 7.51. The van der Waals surface area contributed by atoms with Crippen molar-refractivity contribution >= 4 is 38.0 Å². The number of fused-ring (bicyclic) bond motifs is 2. The van der Waals surface area contributed by atoms with Crippen molar-refractivity contribution in [1.29, 1.82) is 0 Å². The van der Waals surface area contributed by atoms with Crippen molar-refractivity contribution in [1.82, 2.24) is 35.8 Å². The molecule has 1 aromatic heterocycles. The van der Waals surface area contributed by atoms with E-state index >= 15 is 0 Å². The molecule has 2 aliphatic heterocycles. The van der Waals surface area contributed by atoms with Crippen LogP contribution < -0.4 is 10.9 Å². The number of aromatic nitrogens is 3. The minimum Gasteiger partial charge on any atom is -0.413 e. The van der Waals surface area contributed by atoms with E-state index in [1.165, 1.54) is 11.0 Å². The molecule has 17 heteroatoms. The average molecular weight is 534 g/mol. The summed E-state index contributed by atoms with van der Waals surface area (Å²) in [6.07, 6.45) is 2.00. The Morgan fingerprint density at radius 2 is 1.91 bits per heavy atom. The topological polar surface area (TPSA) is 185 Å². The molecule has 35 heavy (non-hydrogen) atoms. The predicted molar refractivity (Wildman–Crippen MR) is 122 cm³/mol. The lowest BCUT2D eigenvalue weighted by molar-refractivity contribution is -0.132. The number of hydroxylamine groups is 2. The van der Waals surface area contributed by atoms with Gasteiger partial charge in [0.05, 0.1) is 17.8 Å². The van der Waals surface area contributed by atoms with Crippen LogP contribution in [0.2, 0.25) is 5.04 Å². The zero-order valence-electron chi connectivity index (χ0n) is 20.2. The highest BCUT2D eigenvalue weighted by atomic mass is 32.3. The van der Waals surface area contributed by atoms with Crippen LogP contribution in [0.15, 0.2) is 6.20 Å². The van der Waals surface area contributed by atoms with Gasteiger partial charge in [-0.1, -0.05) is 20.8 Å². The van der Waals surface area contributed by atoms with Crippen molar-refractivity contribution in [3.63, 3.8) is 0 Å². The summed E-state index contributed by atoms with van der Waals surface area (Å²) < 4.78 is 41.2. The lowest BCUT2D eigenvalue weighted by atomic mass is 10.0. The molecule has 0 spiro atoms. The molecule has 4 amide bonds. The first kappa shape index (κ1) is 27.0. The van der Waals surface area contributed by atoms with E-state index < -0.39 is 55.7 Å². The van der Waals surface area contributed by atoms with E-state index in [9.17, 15) is 22.8 Å². The van der Waals surface area contributed by atoms with Gasteiger partial charge in [-0.05, 0) is 31.7 Å². The SMILES string of the molecule is CC(C)(C)[SiH2]OC(C)(C)c1cnn(CC(=O)NNC(=O)[C@@H]2CC[C@@H]3CN2C(=O)N3OS(=O)(=O)O)n1.